The minimum atomic E-state index is -0.161. The fourth-order valence-electron chi connectivity index (χ4n) is 1.77. The number of rotatable bonds is 3. The Bertz CT molecular complexity index is 667. The van der Waals surface area contributed by atoms with Gasteiger partial charge in [0.2, 0.25) is 0 Å². The molecule has 0 saturated heterocycles. The maximum Gasteiger partial charge on any atom is 0.262 e. The Morgan fingerprint density at radius 2 is 1.95 bits per heavy atom. The maximum absolute atomic E-state index is 12.4. The molecule has 102 valence electrons. The molecule has 0 fully saturated rings. The first-order valence-corrected chi connectivity index (χ1v) is 6.67. The molecule has 0 aliphatic rings. The molecule has 2 rings (SSSR count). The van der Waals surface area contributed by atoms with E-state index in [1.807, 2.05) is 25.9 Å². The molecule has 6 heteroatoms. The van der Waals surface area contributed by atoms with Gasteiger partial charge in [-0.2, -0.15) is 0 Å². The molecule has 1 atom stereocenters. The van der Waals surface area contributed by atoms with E-state index in [0.717, 1.165) is 0 Å². The van der Waals surface area contributed by atoms with Crippen LogP contribution < -0.4 is 5.56 Å². The van der Waals surface area contributed by atoms with Gasteiger partial charge in [0.1, 0.15) is 0 Å². The Balaban J connectivity index is 2.58. The van der Waals surface area contributed by atoms with E-state index in [0.29, 0.717) is 27.5 Å². The highest BCUT2D eigenvalue weighted by atomic mass is 35.5. The summed E-state index contributed by atoms with van der Waals surface area (Å²) < 4.78 is 1.56. The van der Waals surface area contributed by atoms with Gasteiger partial charge in [-0.1, -0.05) is 23.2 Å². The Labute approximate surface area is 121 Å². The minimum Gasteiger partial charge on any atom is -0.305 e. The lowest BCUT2D eigenvalue weighted by Gasteiger charge is -2.20. The third-order valence-electron chi connectivity index (χ3n) is 3.22. The molecule has 0 aliphatic carbocycles. The number of benzene rings is 1. The van der Waals surface area contributed by atoms with E-state index in [-0.39, 0.29) is 11.6 Å². The summed E-state index contributed by atoms with van der Waals surface area (Å²) in [4.78, 5) is 18.7. The summed E-state index contributed by atoms with van der Waals surface area (Å²) in [5.41, 5.74) is 0.291. The molecule has 4 nitrogen and oxygen atoms in total. The van der Waals surface area contributed by atoms with Crippen LogP contribution in [0.4, 0.5) is 0 Å². The molecule has 0 amide bonds. The van der Waals surface area contributed by atoms with Crippen molar-refractivity contribution in [2.45, 2.75) is 19.5 Å². The summed E-state index contributed by atoms with van der Waals surface area (Å²) in [5, 5.41) is 1.19. The highest BCUT2D eigenvalue weighted by Crippen LogP contribution is 2.25. The summed E-state index contributed by atoms with van der Waals surface area (Å²) in [6.07, 6.45) is 1.52. The zero-order valence-corrected chi connectivity index (χ0v) is 12.5. The normalized spacial score (nSPS) is 13.2. The van der Waals surface area contributed by atoms with Gasteiger partial charge < -0.3 is 4.90 Å². The van der Waals surface area contributed by atoms with Crippen molar-refractivity contribution in [1.82, 2.24) is 14.5 Å². The van der Waals surface area contributed by atoms with Gasteiger partial charge >= 0.3 is 0 Å². The van der Waals surface area contributed by atoms with Crippen LogP contribution in [-0.4, -0.2) is 34.6 Å². The summed E-state index contributed by atoms with van der Waals surface area (Å²) >= 11 is 12.1. The van der Waals surface area contributed by atoms with E-state index < -0.39 is 0 Å². The van der Waals surface area contributed by atoms with Crippen molar-refractivity contribution in [3.63, 3.8) is 0 Å². The molecule has 0 N–H and O–H groups in total. The van der Waals surface area contributed by atoms with Gasteiger partial charge in [0.05, 0.1) is 27.3 Å². The van der Waals surface area contributed by atoms with Crippen LogP contribution in [0.5, 0.6) is 0 Å². The smallest absolute Gasteiger partial charge is 0.262 e. The van der Waals surface area contributed by atoms with Crippen molar-refractivity contribution < 1.29 is 0 Å². The fraction of sp³-hybridized carbons (Fsp3) is 0.385. The van der Waals surface area contributed by atoms with Crippen molar-refractivity contribution in [2.75, 3.05) is 14.1 Å². The molecule has 1 aromatic heterocycles. The molecule has 1 aromatic carbocycles. The molecule has 2 aromatic rings. The highest BCUT2D eigenvalue weighted by molar-refractivity contribution is 6.39. The van der Waals surface area contributed by atoms with Gasteiger partial charge in [0.25, 0.3) is 5.56 Å². The predicted octanol–water partition coefficient (Wildman–Crippen LogP) is 2.65. The van der Waals surface area contributed by atoms with Crippen LogP contribution in [0.15, 0.2) is 23.3 Å². The van der Waals surface area contributed by atoms with Crippen LogP contribution in [0, 0.1) is 0 Å². The molecule has 1 heterocycles. The molecule has 0 unspecified atom stereocenters. The first kappa shape index (κ1) is 14.3. The Morgan fingerprint density at radius 3 is 2.58 bits per heavy atom. The van der Waals surface area contributed by atoms with E-state index in [4.69, 9.17) is 23.2 Å². The Kier molecular flexibility index (Phi) is 4.13. The lowest BCUT2D eigenvalue weighted by atomic mass is 10.2. The van der Waals surface area contributed by atoms with E-state index in [1.165, 1.54) is 6.33 Å². The minimum absolute atomic E-state index is 0.161. The molecular formula is C13H15Cl2N3O. The second-order valence-electron chi connectivity index (χ2n) is 4.77. The van der Waals surface area contributed by atoms with E-state index >= 15 is 0 Å². The first-order chi connectivity index (χ1) is 8.91. The number of nitrogens with zero attached hydrogens (tertiary/aromatic N) is 3. The topological polar surface area (TPSA) is 38.1 Å². The number of likely N-dealkylation sites (N-methyl/N-ethyl adjacent to an activating group) is 1. The predicted molar refractivity (Wildman–Crippen MR) is 79.2 cm³/mol. The van der Waals surface area contributed by atoms with Gasteiger partial charge in [-0.25, -0.2) is 4.98 Å². The highest BCUT2D eigenvalue weighted by Gasteiger charge is 2.13. The summed E-state index contributed by atoms with van der Waals surface area (Å²) in [6.45, 7) is 2.59. The zero-order chi connectivity index (χ0) is 14.2. The van der Waals surface area contributed by atoms with Crippen molar-refractivity contribution in [3.05, 3.63) is 38.9 Å². The molecule has 0 spiro atoms. The van der Waals surface area contributed by atoms with Gasteiger partial charge in [0.15, 0.2) is 0 Å². The van der Waals surface area contributed by atoms with Crippen LogP contribution in [0.1, 0.15) is 6.92 Å². The fourth-order valence-corrected chi connectivity index (χ4v) is 2.21. The van der Waals surface area contributed by atoms with Crippen molar-refractivity contribution in [1.29, 1.82) is 0 Å². The standard InChI is InChI=1S/C13H15Cl2N3O/c1-8(17(2)3)6-18-7-16-12-10(15)5-4-9(14)11(12)13(18)19/h4-5,7-8H,6H2,1-3H3/t8-/m1/s1. The average molecular weight is 300 g/mol. The van der Waals surface area contributed by atoms with Crippen LogP contribution in [0.3, 0.4) is 0 Å². The Hall–Kier alpha value is -1.10. The second-order valence-corrected chi connectivity index (χ2v) is 5.58. The number of aromatic nitrogens is 2. The van der Waals surface area contributed by atoms with Crippen LogP contribution in [0.25, 0.3) is 10.9 Å². The monoisotopic (exact) mass is 299 g/mol. The van der Waals surface area contributed by atoms with Crippen LogP contribution >= 0.6 is 23.2 Å². The summed E-state index contributed by atoms with van der Waals surface area (Å²) in [5.74, 6) is 0. The average Bonchev–Trinajstić information content (AvgIpc) is 2.36. The maximum atomic E-state index is 12.4. The summed E-state index contributed by atoms with van der Waals surface area (Å²) in [7, 11) is 3.93. The van der Waals surface area contributed by atoms with Gasteiger partial charge in [-0.15, -0.1) is 0 Å². The molecule has 0 radical (unpaired) electrons. The van der Waals surface area contributed by atoms with Crippen LogP contribution in [0.2, 0.25) is 10.0 Å². The second kappa shape index (κ2) is 5.49. The molecule has 19 heavy (non-hydrogen) atoms. The number of halogens is 2. The van der Waals surface area contributed by atoms with E-state index in [1.54, 1.807) is 16.7 Å². The van der Waals surface area contributed by atoms with E-state index in [9.17, 15) is 4.79 Å². The van der Waals surface area contributed by atoms with Gasteiger partial charge in [-0.05, 0) is 33.2 Å². The number of fused-ring (bicyclic) bond motifs is 1. The SMILES string of the molecule is C[C@H](Cn1cnc2c(Cl)ccc(Cl)c2c1=O)N(C)C. The lowest BCUT2D eigenvalue weighted by molar-refractivity contribution is 0.281. The third kappa shape index (κ3) is 2.76. The molecule has 0 bridgehead atoms. The number of hydrogen-bond acceptors (Lipinski definition) is 3. The summed E-state index contributed by atoms with van der Waals surface area (Å²) in [6, 6.07) is 3.48. The van der Waals surface area contributed by atoms with Gasteiger partial charge in [0, 0.05) is 12.6 Å². The largest absolute Gasteiger partial charge is 0.305 e. The lowest BCUT2D eigenvalue weighted by Crippen LogP contribution is -2.33. The molecular weight excluding hydrogens is 285 g/mol. The third-order valence-corrected chi connectivity index (χ3v) is 3.84. The number of hydrogen-bond donors (Lipinski definition) is 0. The molecule has 0 aliphatic heterocycles. The Morgan fingerprint density at radius 1 is 1.32 bits per heavy atom. The first-order valence-electron chi connectivity index (χ1n) is 5.91. The quantitative estimate of drug-likeness (QED) is 0.874. The van der Waals surface area contributed by atoms with Crippen molar-refractivity contribution in [2.24, 2.45) is 0 Å². The van der Waals surface area contributed by atoms with Crippen LogP contribution in [-0.2, 0) is 6.54 Å². The van der Waals surface area contributed by atoms with E-state index in [2.05, 4.69) is 4.98 Å². The van der Waals surface area contributed by atoms with Crippen molar-refractivity contribution >= 4 is 34.1 Å². The molecule has 0 saturated carbocycles. The van der Waals surface area contributed by atoms with Gasteiger partial charge in [-0.3, -0.25) is 9.36 Å². The zero-order valence-electron chi connectivity index (χ0n) is 11.0. The van der Waals surface area contributed by atoms with Crippen molar-refractivity contribution in [3.8, 4) is 0 Å².